The number of para-hydroxylation sites is 1. The summed E-state index contributed by atoms with van der Waals surface area (Å²) in [6.45, 7) is 1.91. The van der Waals surface area contributed by atoms with E-state index in [1.54, 1.807) is 24.3 Å². The molecule has 0 spiro atoms. The van der Waals surface area contributed by atoms with Gasteiger partial charge < -0.3 is 10.1 Å². The number of fused-ring (bicyclic) bond motifs is 1. The van der Waals surface area contributed by atoms with E-state index in [2.05, 4.69) is 16.4 Å². The summed E-state index contributed by atoms with van der Waals surface area (Å²) in [4.78, 5) is 29.4. The number of aromatic nitrogens is 1. The molecule has 6 nitrogen and oxygen atoms in total. The second-order valence-electron chi connectivity index (χ2n) is 6.45. The van der Waals surface area contributed by atoms with Crippen molar-refractivity contribution in [3.05, 3.63) is 52.7 Å². The summed E-state index contributed by atoms with van der Waals surface area (Å²) in [6, 6.07) is 10.8. The fourth-order valence-electron chi connectivity index (χ4n) is 3.17. The molecule has 1 amide bonds. The lowest BCUT2D eigenvalue weighted by atomic mass is 10.1. The van der Waals surface area contributed by atoms with Crippen molar-refractivity contribution in [2.45, 2.75) is 42.9 Å². The number of nitrogens with zero attached hydrogens (tertiary/aromatic N) is 2. The lowest BCUT2D eigenvalue weighted by Gasteiger charge is -2.17. The first kappa shape index (κ1) is 19.9. The number of anilines is 1. The maximum absolute atomic E-state index is 12.8. The van der Waals surface area contributed by atoms with Crippen molar-refractivity contribution < 1.29 is 14.3 Å². The molecule has 0 saturated heterocycles. The van der Waals surface area contributed by atoms with Crippen LogP contribution in [0.2, 0.25) is 0 Å². The number of nitriles is 1. The zero-order chi connectivity index (χ0) is 20.1. The number of thioether (sulfide) groups is 1. The smallest absolute Gasteiger partial charge is 0.339 e. The summed E-state index contributed by atoms with van der Waals surface area (Å²) in [5, 5.41) is 12.4. The van der Waals surface area contributed by atoms with E-state index in [0.29, 0.717) is 28.3 Å². The van der Waals surface area contributed by atoms with E-state index in [1.807, 2.05) is 13.0 Å². The van der Waals surface area contributed by atoms with Gasteiger partial charge in [0.1, 0.15) is 11.1 Å². The third kappa shape index (κ3) is 4.18. The summed E-state index contributed by atoms with van der Waals surface area (Å²) < 4.78 is 4.77. The van der Waals surface area contributed by atoms with Gasteiger partial charge in [0.2, 0.25) is 5.91 Å². The van der Waals surface area contributed by atoms with Crippen molar-refractivity contribution >= 4 is 29.3 Å². The first-order valence-corrected chi connectivity index (χ1v) is 10.0. The molecule has 0 radical (unpaired) electrons. The number of benzene rings is 1. The fraction of sp³-hybridized carbons (Fsp3) is 0.333. The zero-order valence-corrected chi connectivity index (χ0v) is 16.6. The van der Waals surface area contributed by atoms with E-state index in [1.165, 1.54) is 18.9 Å². The van der Waals surface area contributed by atoms with Gasteiger partial charge in [-0.2, -0.15) is 5.26 Å². The van der Waals surface area contributed by atoms with Gasteiger partial charge in [0.15, 0.2) is 0 Å². The molecule has 0 saturated carbocycles. The second kappa shape index (κ2) is 8.89. The van der Waals surface area contributed by atoms with Crippen molar-refractivity contribution in [1.82, 2.24) is 4.98 Å². The minimum Gasteiger partial charge on any atom is -0.465 e. The molecule has 0 aliphatic heterocycles. The third-order valence-electron chi connectivity index (χ3n) is 4.64. The van der Waals surface area contributed by atoms with Crippen molar-refractivity contribution in [2.24, 2.45) is 0 Å². The molecule has 1 heterocycles. The number of hydrogen-bond donors (Lipinski definition) is 1. The molecular weight excluding hydrogens is 374 g/mol. The van der Waals surface area contributed by atoms with Gasteiger partial charge in [-0.05, 0) is 49.4 Å². The summed E-state index contributed by atoms with van der Waals surface area (Å²) in [7, 11) is 1.30. The van der Waals surface area contributed by atoms with E-state index < -0.39 is 11.2 Å². The number of hydrogen-bond acceptors (Lipinski definition) is 6. The zero-order valence-electron chi connectivity index (χ0n) is 15.8. The summed E-state index contributed by atoms with van der Waals surface area (Å²) >= 11 is 1.29. The van der Waals surface area contributed by atoms with Crippen LogP contribution in [0.1, 0.15) is 46.9 Å². The van der Waals surface area contributed by atoms with Gasteiger partial charge in [0.25, 0.3) is 0 Å². The van der Waals surface area contributed by atoms with Crippen LogP contribution in [0, 0.1) is 11.3 Å². The van der Waals surface area contributed by atoms with Crippen LogP contribution in [-0.2, 0) is 22.4 Å². The van der Waals surface area contributed by atoms with Crippen molar-refractivity contribution in [3.8, 4) is 6.07 Å². The standard InChI is InChI=1S/C21H21N3O3S/c1-3-18(19(25)23-17-9-5-4-8-15(17)21(26)27-2)28-20-14(12-22)11-13-7-6-10-16(13)24-20/h4-5,8-9,11,18H,3,6-7,10H2,1-2H3,(H,23,25). The predicted octanol–water partition coefficient (Wildman–Crippen LogP) is 3.74. The van der Waals surface area contributed by atoms with Crippen molar-refractivity contribution in [3.63, 3.8) is 0 Å². The van der Waals surface area contributed by atoms with Crippen LogP contribution in [0.5, 0.6) is 0 Å². The normalized spacial score (nSPS) is 13.3. The molecular formula is C21H21N3O3S. The Kier molecular flexibility index (Phi) is 6.32. The van der Waals surface area contributed by atoms with Crippen LogP contribution in [0.25, 0.3) is 0 Å². The van der Waals surface area contributed by atoms with E-state index in [9.17, 15) is 14.9 Å². The first-order valence-electron chi connectivity index (χ1n) is 9.15. The maximum Gasteiger partial charge on any atom is 0.339 e. The first-order chi connectivity index (χ1) is 13.6. The molecule has 2 aromatic rings. The molecule has 1 unspecified atom stereocenters. The number of amides is 1. The topological polar surface area (TPSA) is 92.1 Å². The lowest BCUT2D eigenvalue weighted by molar-refractivity contribution is -0.115. The Bertz CT molecular complexity index is 952. The molecule has 1 aliphatic rings. The van der Waals surface area contributed by atoms with Gasteiger partial charge in [-0.15, -0.1) is 0 Å². The highest BCUT2D eigenvalue weighted by Crippen LogP contribution is 2.32. The lowest BCUT2D eigenvalue weighted by Crippen LogP contribution is -2.26. The molecule has 144 valence electrons. The number of carbonyl (C=O) groups excluding carboxylic acids is 2. The minimum absolute atomic E-state index is 0.241. The minimum atomic E-state index is -0.511. The van der Waals surface area contributed by atoms with Crippen LogP contribution in [-0.4, -0.2) is 29.2 Å². The summed E-state index contributed by atoms with van der Waals surface area (Å²) in [5.74, 6) is -0.751. The number of methoxy groups -OCH3 is 1. The second-order valence-corrected chi connectivity index (χ2v) is 7.64. The number of rotatable bonds is 6. The van der Waals surface area contributed by atoms with E-state index >= 15 is 0 Å². The van der Waals surface area contributed by atoms with Gasteiger partial charge in [-0.25, -0.2) is 9.78 Å². The average Bonchev–Trinajstić information content (AvgIpc) is 3.18. The Morgan fingerprint density at radius 3 is 2.86 bits per heavy atom. The van der Waals surface area contributed by atoms with Crippen LogP contribution in [0.15, 0.2) is 35.4 Å². The Morgan fingerprint density at radius 1 is 1.36 bits per heavy atom. The molecule has 7 heteroatoms. The summed E-state index contributed by atoms with van der Waals surface area (Å²) in [6.07, 6.45) is 3.46. The van der Waals surface area contributed by atoms with Crippen LogP contribution < -0.4 is 5.32 Å². The number of aryl methyl sites for hydroxylation is 2. The highest BCUT2D eigenvalue weighted by Gasteiger charge is 2.24. The predicted molar refractivity (Wildman–Crippen MR) is 107 cm³/mol. The van der Waals surface area contributed by atoms with Crippen molar-refractivity contribution in [1.29, 1.82) is 5.26 Å². The Hall–Kier alpha value is -2.85. The fourth-order valence-corrected chi connectivity index (χ4v) is 4.17. The average molecular weight is 395 g/mol. The number of ether oxygens (including phenoxy) is 1. The Labute approximate surface area is 168 Å². The van der Waals surface area contributed by atoms with Gasteiger partial charge >= 0.3 is 5.97 Å². The Morgan fingerprint density at radius 2 is 2.14 bits per heavy atom. The SMILES string of the molecule is CCC(Sc1nc2c(cc1C#N)CCC2)C(=O)Nc1ccccc1C(=O)OC. The molecule has 1 N–H and O–H groups in total. The molecule has 1 aromatic carbocycles. The van der Waals surface area contributed by atoms with Gasteiger partial charge in [-0.1, -0.05) is 30.8 Å². The van der Waals surface area contributed by atoms with Gasteiger partial charge in [0.05, 0.1) is 29.2 Å². The van der Waals surface area contributed by atoms with Crippen molar-refractivity contribution in [2.75, 3.05) is 12.4 Å². The monoisotopic (exact) mass is 395 g/mol. The Balaban J connectivity index is 1.81. The molecule has 3 rings (SSSR count). The van der Waals surface area contributed by atoms with Gasteiger partial charge in [-0.3, -0.25) is 4.79 Å². The van der Waals surface area contributed by atoms with E-state index in [-0.39, 0.29) is 5.91 Å². The number of esters is 1. The third-order valence-corrected chi connectivity index (χ3v) is 6.01. The highest BCUT2D eigenvalue weighted by molar-refractivity contribution is 8.00. The molecule has 1 atom stereocenters. The summed E-state index contributed by atoms with van der Waals surface area (Å²) in [5.41, 5.74) is 3.36. The molecule has 0 fully saturated rings. The maximum atomic E-state index is 12.8. The van der Waals surface area contributed by atoms with Crippen LogP contribution in [0.3, 0.4) is 0 Å². The number of carbonyl (C=O) groups is 2. The largest absolute Gasteiger partial charge is 0.465 e. The molecule has 0 bridgehead atoms. The molecule has 1 aromatic heterocycles. The molecule has 28 heavy (non-hydrogen) atoms. The van der Waals surface area contributed by atoms with E-state index in [4.69, 9.17) is 4.74 Å². The van der Waals surface area contributed by atoms with Crippen LogP contribution in [0.4, 0.5) is 5.69 Å². The van der Waals surface area contributed by atoms with E-state index in [0.717, 1.165) is 30.5 Å². The van der Waals surface area contributed by atoms with Crippen LogP contribution >= 0.6 is 11.8 Å². The number of pyridine rings is 1. The molecule has 1 aliphatic carbocycles. The highest BCUT2D eigenvalue weighted by atomic mass is 32.2. The van der Waals surface area contributed by atoms with Gasteiger partial charge in [0, 0.05) is 5.69 Å². The number of nitrogens with one attached hydrogen (secondary N) is 1. The quantitative estimate of drug-likeness (QED) is 0.592.